The lowest BCUT2D eigenvalue weighted by atomic mass is 9.93. The maximum absolute atomic E-state index is 12.4. The summed E-state index contributed by atoms with van der Waals surface area (Å²) >= 11 is 1.38. The summed E-state index contributed by atoms with van der Waals surface area (Å²) in [6.45, 7) is 12.9. The van der Waals surface area contributed by atoms with Crippen molar-refractivity contribution < 1.29 is 19.4 Å². The van der Waals surface area contributed by atoms with Gasteiger partial charge in [0.2, 0.25) is 0 Å². The molecule has 186 valence electrons. The molecule has 2 aromatic carbocycles. The van der Waals surface area contributed by atoms with Crippen molar-refractivity contribution in [1.29, 1.82) is 0 Å². The van der Waals surface area contributed by atoms with Crippen molar-refractivity contribution in [1.82, 2.24) is 5.32 Å². The fourth-order valence-corrected chi connectivity index (χ4v) is 5.28. The molecule has 1 amide bonds. The Morgan fingerprint density at radius 1 is 0.971 bits per heavy atom. The highest BCUT2D eigenvalue weighted by molar-refractivity contribution is 7.14. The molecule has 2 N–H and O–H groups in total. The lowest BCUT2D eigenvalue weighted by Gasteiger charge is -2.23. The van der Waals surface area contributed by atoms with Gasteiger partial charge in [-0.15, -0.1) is 11.3 Å². The third-order valence-electron chi connectivity index (χ3n) is 6.00. The summed E-state index contributed by atoms with van der Waals surface area (Å²) in [6, 6.07) is 16.6. The Morgan fingerprint density at radius 2 is 1.60 bits per heavy atom. The Kier molecular flexibility index (Phi) is 8.73. The first kappa shape index (κ1) is 26.5. The van der Waals surface area contributed by atoms with Gasteiger partial charge in [0.15, 0.2) is 0 Å². The van der Waals surface area contributed by atoms with E-state index in [1.807, 2.05) is 6.07 Å². The van der Waals surface area contributed by atoms with Gasteiger partial charge in [0.1, 0.15) is 11.9 Å². The summed E-state index contributed by atoms with van der Waals surface area (Å²) < 4.78 is 6.47. The molecule has 3 aromatic rings. The Morgan fingerprint density at radius 3 is 2.14 bits per heavy atom. The Hall–Kier alpha value is -3.12. The molecular weight excluding hydrogens is 458 g/mol. The van der Waals surface area contributed by atoms with Crippen LogP contribution in [0.3, 0.4) is 0 Å². The van der Waals surface area contributed by atoms with Crippen LogP contribution >= 0.6 is 11.3 Å². The van der Waals surface area contributed by atoms with E-state index in [9.17, 15) is 9.59 Å². The summed E-state index contributed by atoms with van der Waals surface area (Å²) in [4.78, 5) is 24.6. The maximum Gasteiger partial charge on any atom is 0.305 e. The Balaban J connectivity index is 1.79. The summed E-state index contributed by atoms with van der Waals surface area (Å²) in [5.74, 6) is 0.310. The highest BCUT2D eigenvalue weighted by atomic mass is 32.1. The van der Waals surface area contributed by atoms with Crippen LogP contribution in [0, 0.1) is 19.8 Å². The van der Waals surface area contributed by atoms with Crippen LogP contribution in [0.25, 0.3) is 11.1 Å². The fraction of sp³-hybridized carbons (Fsp3) is 0.379. The van der Waals surface area contributed by atoms with E-state index >= 15 is 0 Å². The average molecular weight is 494 g/mol. The normalized spacial score (nSPS) is 12.1. The van der Waals surface area contributed by atoms with Crippen LogP contribution in [-0.4, -0.2) is 23.5 Å². The smallest absolute Gasteiger partial charge is 0.305 e. The molecule has 0 aliphatic rings. The molecule has 0 aliphatic carbocycles. The summed E-state index contributed by atoms with van der Waals surface area (Å²) in [6.07, 6.45) is -0.298. The van der Waals surface area contributed by atoms with Crippen molar-refractivity contribution in [2.75, 3.05) is 6.54 Å². The maximum atomic E-state index is 12.4. The number of carboxylic acids is 1. The predicted molar refractivity (Wildman–Crippen MR) is 143 cm³/mol. The highest BCUT2D eigenvalue weighted by Gasteiger charge is 2.22. The van der Waals surface area contributed by atoms with E-state index in [1.165, 1.54) is 28.0 Å². The standard InChI is InChI=1S/C29H35NO4S/c1-17(2)21-7-9-22(10-8-21)27-19(5)15-23(16-20(27)6)34-28(18(3)4)24-11-12-25(35-24)29(33)30-14-13-26(31)32/h7-12,15-18,28H,13-14H2,1-6H3,(H,30,33)(H,31,32). The molecule has 0 spiro atoms. The van der Waals surface area contributed by atoms with E-state index in [-0.39, 0.29) is 30.9 Å². The second-order valence-electron chi connectivity index (χ2n) is 9.59. The Bertz CT molecular complexity index is 1150. The summed E-state index contributed by atoms with van der Waals surface area (Å²) in [5, 5.41) is 11.4. The van der Waals surface area contributed by atoms with Crippen LogP contribution in [0.5, 0.6) is 5.75 Å². The van der Waals surface area contributed by atoms with Crippen molar-refractivity contribution in [2.45, 2.75) is 60.0 Å². The van der Waals surface area contributed by atoms with Gasteiger partial charge in [0.05, 0.1) is 11.3 Å². The minimum Gasteiger partial charge on any atom is -0.485 e. The molecule has 5 nitrogen and oxygen atoms in total. The predicted octanol–water partition coefficient (Wildman–Crippen LogP) is 7.14. The van der Waals surface area contributed by atoms with E-state index < -0.39 is 5.97 Å². The number of rotatable bonds is 10. The van der Waals surface area contributed by atoms with Crippen LogP contribution in [-0.2, 0) is 4.79 Å². The number of nitrogens with one attached hydrogen (secondary N) is 1. The van der Waals surface area contributed by atoms with Crippen LogP contribution in [0.4, 0.5) is 0 Å². The number of thiophene rings is 1. The molecule has 0 saturated carbocycles. The molecule has 0 fully saturated rings. The number of hydrogen-bond donors (Lipinski definition) is 2. The zero-order valence-corrected chi connectivity index (χ0v) is 22.2. The van der Waals surface area contributed by atoms with Gasteiger partial charge < -0.3 is 15.2 Å². The van der Waals surface area contributed by atoms with E-state index in [2.05, 4.69) is 83.3 Å². The zero-order valence-electron chi connectivity index (χ0n) is 21.3. The van der Waals surface area contributed by atoms with Crippen LogP contribution in [0.1, 0.15) is 77.4 Å². The molecule has 1 heterocycles. The van der Waals surface area contributed by atoms with Gasteiger partial charge in [-0.25, -0.2) is 0 Å². The molecular formula is C29H35NO4S. The lowest BCUT2D eigenvalue weighted by molar-refractivity contribution is -0.136. The largest absolute Gasteiger partial charge is 0.485 e. The van der Waals surface area contributed by atoms with E-state index in [4.69, 9.17) is 9.84 Å². The number of benzene rings is 2. The van der Waals surface area contributed by atoms with Crippen LogP contribution in [0.2, 0.25) is 0 Å². The number of carboxylic acid groups (broad SMARTS) is 1. The topological polar surface area (TPSA) is 75.6 Å². The number of aryl methyl sites for hydroxylation is 2. The number of carbonyl (C=O) groups excluding carboxylic acids is 1. The van der Waals surface area contributed by atoms with Crippen molar-refractivity contribution in [3.8, 4) is 16.9 Å². The van der Waals surface area contributed by atoms with Crippen LogP contribution in [0.15, 0.2) is 48.5 Å². The van der Waals surface area contributed by atoms with Gasteiger partial charge in [-0.2, -0.15) is 0 Å². The number of carbonyl (C=O) groups is 2. The van der Waals surface area contributed by atoms with Gasteiger partial charge in [-0.1, -0.05) is 52.0 Å². The van der Waals surface area contributed by atoms with Crippen molar-refractivity contribution in [2.24, 2.45) is 5.92 Å². The molecule has 35 heavy (non-hydrogen) atoms. The SMILES string of the molecule is Cc1cc(OC(c2ccc(C(=O)NCCC(=O)O)s2)C(C)C)cc(C)c1-c1ccc(C(C)C)cc1. The quantitative estimate of drug-likeness (QED) is 0.315. The second kappa shape index (κ2) is 11.5. The Labute approximate surface area is 212 Å². The first-order chi connectivity index (χ1) is 16.6. The van der Waals surface area contributed by atoms with Gasteiger partial charge in [-0.05, 0) is 77.8 Å². The van der Waals surface area contributed by atoms with E-state index in [0.29, 0.717) is 10.8 Å². The van der Waals surface area contributed by atoms with Gasteiger partial charge in [0, 0.05) is 11.4 Å². The minimum atomic E-state index is -0.936. The average Bonchev–Trinajstić information content (AvgIpc) is 3.27. The van der Waals surface area contributed by atoms with Gasteiger partial charge in [0.25, 0.3) is 5.91 Å². The molecule has 1 aromatic heterocycles. The van der Waals surface area contributed by atoms with Gasteiger partial charge in [-0.3, -0.25) is 9.59 Å². The highest BCUT2D eigenvalue weighted by Crippen LogP contribution is 2.37. The molecule has 6 heteroatoms. The van der Waals surface area contributed by atoms with E-state index in [0.717, 1.165) is 21.8 Å². The first-order valence-electron chi connectivity index (χ1n) is 12.0. The molecule has 1 atom stereocenters. The molecule has 1 unspecified atom stereocenters. The number of aliphatic carboxylic acids is 1. The third-order valence-corrected chi connectivity index (χ3v) is 7.14. The first-order valence-corrected chi connectivity index (χ1v) is 12.9. The number of hydrogen-bond acceptors (Lipinski definition) is 4. The summed E-state index contributed by atoms with van der Waals surface area (Å²) in [5.41, 5.74) is 6.07. The van der Waals surface area contributed by atoms with Gasteiger partial charge >= 0.3 is 5.97 Å². The van der Waals surface area contributed by atoms with Crippen molar-refractivity contribution >= 4 is 23.2 Å². The van der Waals surface area contributed by atoms with E-state index in [1.54, 1.807) is 6.07 Å². The zero-order chi connectivity index (χ0) is 25.7. The summed E-state index contributed by atoms with van der Waals surface area (Å²) in [7, 11) is 0. The molecule has 0 bridgehead atoms. The van der Waals surface area contributed by atoms with Crippen molar-refractivity contribution in [3.05, 3.63) is 75.0 Å². The molecule has 0 saturated heterocycles. The fourth-order valence-electron chi connectivity index (χ4n) is 4.15. The second-order valence-corrected chi connectivity index (χ2v) is 10.7. The lowest BCUT2D eigenvalue weighted by Crippen LogP contribution is -2.25. The minimum absolute atomic E-state index is 0.0989. The molecule has 0 aliphatic heterocycles. The molecule has 3 rings (SSSR count). The monoisotopic (exact) mass is 493 g/mol. The van der Waals surface area contributed by atoms with Crippen molar-refractivity contribution in [3.63, 3.8) is 0 Å². The number of amides is 1. The third kappa shape index (κ3) is 6.73. The van der Waals surface area contributed by atoms with Crippen LogP contribution < -0.4 is 10.1 Å². The number of ether oxygens (including phenoxy) is 1. The molecule has 0 radical (unpaired) electrons.